The highest BCUT2D eigenvalue weighted by atomic mass is 16.3. The highest BCUT2D eigenvalue weighted by Crippen LogP contribution is 2.13. The summed E-state index contributed by atoms with van der Waals surface area (Å²) in [6, 6.07) is 8.98. The van der Waals surface area contributed by atoms with Gasteiger partial charge in [0.15, 0.2) is 0 Å². The number of carbonyl (C=O) groups excluding carboxylic acids is 2. The SMILES string of the molecule is Cc1cc(C(=O)NNC(=O)CCn2c(=O)n(C)c3ccccc32)c(C)o1. The van der Waals surface area contributed by atoms with Gasteiger partial charge < -0.3 is 4.42 Å². The molecule has 0 radical (unpaired) electrons. The van der Waals surface area contributed by atoms with Gasteiger partial charge >= 0.3 is 5.69 Å². The van der Waals surface area contributed by atoms with E-state index in [1.807, 2.05) is 24.3 Å². The molecule has 0 saturated heterocycles. The number of aromatic nitrogens is 2. The molecule has 0 aliphatic heterocycles. The fraction of sp³-hybridized carbons (Fsp3) is 0.278. The normalized spacial score (nSPS) is 10.9. The molecule has 0 atom stereocenters. The number of nitrogens with zero attached hydrogens (tertiary/aromatic N) is 2. The van der Waals surface area contributed by atoms with Crippen LogP contribution in [0.25, 0.3) is 11.0 Å². The van der Waals surface area contributed by atoms with Crippen LogP contribution in [0, 0.1) is 13.8 Å². The van der Waals surface area contributed by atoms with Gasteiger partial charge in [0.25, 0.3) is 5.91 Å². The molecule has 0 spiro atoms. The summed E-state index contributed by atoms with van der Waals surface area (Å²) >= 11 is 0. The molecule has 26 heavy (non-hydrogen) atoms. The largest absolute Gasteiger partial charge is 0.466 e. The number of imidazole rings is 1. The predicted octanol–water partition coefficient (Wildman–Crippen LogP) is 1.40. The molecular weight excluding hydrogens is 336 g/mol. The first-order valence-corrected chi connectivity index (χ1v) is 8.19. The summed E-state index contributed by atoms with van der Waals surface area (Å²) in [5.41, 5.74) is 6.46. The van der Waals surface area contributed by atoms with Crippen molar-refractivity contribution >= 4 is 22.8 Å². The Hall–Kier alpha value is -3.29. The molecule has 0 aliphatic rings. The molecule has 2 heterocycles. The average molecular weight is 356 g/mol. The van der Waals surface area contributed by atoms with Crippen LogP contribution in [0.15, 0.2) is 39.5 Å². The monoisotopic (exact) mass is 356 g/mol. The number of para-hydroxylation sites is 2. The highest BCUT2D eigenvalue weighted by Gasteiger charge is 2.15. The smallest absolute Gasteiger partial charge is 0.328 e. The van der Waals surface area contributed by atoms with Crippen LogP contribution >= 0.6 is 0 Å². The summed E-state index contributed by atoms with van der Waals surface area (Å²) in [6.07, 6.45) is 0.0532. The number of rotatable bonds is 4. The molecule has 1 aromatic carbocycles. The number of benzene rings is 1. The Morgan fingerprint density at radius 2 is 1.81 bits per heavy atom. The van der Waals surface area contributed by atoms with Crippen molar-refractivity contribution < 1.29 is 14.0 Å². The number of furan rings is 1. The Morgan fingerprint density at radius 1 is 1.12 bits per heavy atom. The third-order valence-electron chi connectivity index (χ3n) is 4.22. The molecule has 8 heteroatoms. The number of nitrogens with one attached hydrogen (secondary N) is 2. The van der Waals surface area contributed by atoms with Crippen molar-refractivity contribution in [1.82, 2.24) is 20.0 Å². The van der Waals surface area contributed by atoms with E-state index < -0.39 is 11.8 Å². The van der Waals surface area contributed by atoms with E-state index in [2.05, 4.69) is 10.9 Å². The zero-order valence-electron chi connectivity index (χ0n) is 14.8. The maximum atomic E-state index is 12.3. The lowest BCUT2D eigenvalue weighted by Crippen LogP contribution is -2.42. The molecular formula is C18H20N4O4. The van der Waals surface area contributed by atoms with Crippen molar-refractivity contribution in [2.24, 2.45) is 7.05 Å². The van der Waals surface area contributed by atoms with E-state index in [0.29, 0.717) is 17.1 Å². The molecule has 0 fully saturated rings. The number of hydrogen-bond donors (Lipinski definition) is 2. The molecule has 0 bridgehead atoms. The molecule has 2 amide bonds. The lowest BCUT2D eigenvalue weighted by atomic mass is 10.2. The third-order valence-corrected chi connectivity index (χ3v) is 4.22. The molecule has 2 N–H and O–H groups in total. The first kappa shape index (κ1) is 17.5. The summed E-state index contributed by atoms with van der Waals surface area (Å²) in [4.78, 5) is 36.4. The van der Waals surface area contributed by atoms with E-state index in [-0.39, 0.29) is 18.7 Å². The Bertz CT molecular complexity index is 1040. The predicted molar refractivity (Wildman–Crippen MR) is 95.6 cm³/mol. The third kappa shape index (κ3) is 3.26. The van der Waals surface area contributed by atoms with Crippen LogP contribution in [-0.2, 0) is 18.4 Å². The van der Waals surface area contributed by atoms with Gasteiger partial charge in [-0.1, -0.05) is 12.1 Å². The Kier molecular flexibility index (Phi) is 4.66. The van der Waals surface area contributed by atoms with Crippen molar-refractivity contribution in [1.29, 1.82) is 0 Å². The number of amides is 2. The molecule has 0 saturated carbocycles. The van der Waals surface area contributed by atoms with Gasteiger partial charge in [-0.2, -0.15) is 0 Å². The van der Waals surface area contributed by atoms with Crippen LogP contribution < -0.4 is 16.5 Å². The molecule has 3 rings (SSSR count). The van der Waals surface area contributed by atoms with Crippen molar-refractivity contribution in [2.75, 3.05) is 0 Å². The van der Waals surface area contributed by atoms with Gasteiger partial charge in [0.05, 0.1) is 16.6 Å². The minimum atomic E-state index is -0.449. The standard InChI is InChI=1S/C18H20N4O4/c1-11-10-13(12(2)26-11)17(24)20-19-16(23)8-9-22-15-7-5-4-6-14(15)21(3)18(22)25/h4-7,10H,8-9H2,1-3H3,(H,19,23)(H,20,24). The van der Waals surface area contributed by atoms with Gasteiger partial charge in [0, 0.05) is 20.0 Å². The average Bonchev–Trinajstić information content (AvgIpc) is 3.08. The molecule has 3 aromatic rings. The van der Waals surface area contributed by atoms with E-state index in [0.717, 1.165) is 11.0 Å². The van der Waals surface area contributed by atoms with Gasteiger partial charge in [0.1, 0.15) is 11.5 Å². The molecule has 0 aliphatic carbocycles. The van der Waals surface area contributed by atoms with Crippen LogP contribution in [0.4, 0.5) is 0 Å². The number of fused-ring (bicyclic) bond motifs is 1. The van der Waals surface area contributed by atoms with Gasteiger partial charge in [-0.3, -0.25) is 29.6 Å². The van der Waals surface area contributed by atoms with Crippen molar-refractivity contribution in [3.8, 4) is 0 Å². The van der Waals surface area contributed by atoms with Gasteiger partial charge in [-0.15, -0.1) is 0 Å². The van der Waals surface area contributed by atoms with E-state index >= 15 is 0 Å². The van der Waals surface area contributed by atoms with Crippen molar-refractivity contribution in [2.45, 2.75) is 26.8 Å². The second kappa shape index (κ2) is 6.91. The van der Waals surface area contributed by atoms with Gasteiger partial charge in [-0.05, 0) is 32.0 Å². The number of hydrazine groups is 1. The fourth-order valence-corrected chi connectivity index (χ4v) is 2.91. The van der Waals surface area contributed by atoms with E-state index in [4.69, 9.17) is 4.42 Å². The number of hydrogen-bond acceptors (Lipinski definition) is 4. The maximum absolute atomic E-state index is 12.3. The second-order valence-corrected chi connectivity index (χ2v) is 6.06. The summed E-state index contributed by atoms with van der Waals surface area (Å²) in [7, 11) is 1.69. The summed E-state index contributed by atoms with van der Waals surface area (Å²) in [5.74, 6) is 0.261. The molecule has 136 valence electrons. The van der Waals surface area contributed by atoms with E-state index in [1.165, 1.54) is 0 Å². The van der Waals surface area contributed by atoms with Crippen LogP contribution in [-0.4, -0.2) is 20.9 Å². The second-order valence-electron chi connectivity index (χ2n) is 6.06. The van der Waals surface area contributed by atoms with Crippen molar-refractivity contribution in [3.63, 3.8) is 0 Å². The zero-order chi connectivity index (χ0) is 18.8. The Balaban J connectivity index is 1.62. The zero-order valence-corrected chi connectivity index (χ0v) is 14.8. The van der Waals surface area contributed by atoms with E-state index in [1.54, 1.807) is 36.1 Å². The first-order chi connectivity index (χ1) is 12.4. The molecule has 0 unspecified atom stereocenters. The molecule has 2 aromatic heterocycles. The van der Waals surface area contributed by atoms with Gasteiger partial charge in [0.2, 0.25) is 5.91 Å². The number of aryl methyl sites for hydroxylation is 4. The molecule has 8 nitrogen and oxygen atoms in total. The van der Waals surface area contributed by atoms with Gasteiger partial charge in [-0.25, -0.2) is 4.79 Å². The van der Waals surface area contributed by atoms with E-state index in [9.17, 15) is 14.4 Å². The maximum Gasteiger partial charge on any atom is 0.328 e. The lowest BCUT2D eigenvalue weighted by molar-refractivity contribution is -0.122. The summed E-state index contributed by atoms with van der Waals surface area (Å²) < 4.78 is 8.37. The first-order valence-electron chi connectivity index (χ1n) is 8.19. The van der Waals surface area contributed by atoms with Crippen LogP contribution in [0.3, 0.4) is 0 Å². The number of carbonyl (C=O) groups is 2. The topological polar surface area (TPSA) is 98.3 Å². The Labute approximate surface area is 149 Å². The fourth-order valence-electron chi connectivity index (χ4n) is 2.91. The lowest BCUT2D eigenvalue weighted by Gasteiger charge is -2.07. The minimum Gasteiger partial charge on any atom is -0.466 e. The highest BCUT2D eigenvalue weighted by molar-refractivity contribution is 5.96. The summed E-state index contributed by atoms with van der Waals surface area (Å²) in [5, 5.41) is 0. The van der Waals surface area contributed by atoms with Crippen LogP contribution in [0.2, 0.25) is 0 Å². The quantitative estimate of drug-likeness (QED) is 0.691. The van der Waals surface area contributed by atoms with Crippen LogP contribution in [0.5, 0.6) is 0 Å². The van der Waals surface area contributed by atoms with Crippen molar-refractivity contribution in [3.05, 3.63) is 57.9 Å². The minimum absolute atomic E-state index is 0.0532. The summed E-state index contributed by atoms with van der Waals surface area (Å²) in [6.45, 7) is 3.63. The van der Waals surface area contributed by atoms with Crippen LogP contribution in [0.1, 0.15) is 28.3 Å². The Morgan fingerprint density at radius 3 is 2.46 bits per heavy atom.